The first-order chi connectivity index (χ1) is 13.1. The Bertz CT molecular complexity index is 1070. The van der Waals surface area contributed by atoms with Crippen LogP contribution in [-0.4, -0.2) is 10.5 Å². The number of nitrogens with one attached hydrogen (secondary N) is 1. The van der Waals surface area contributed by atoms with Gasteiger partial charge in [-0.2, -0.15) is 0 Å². The van der Waals surface area contributed by atoms with E-state index in [0.717, 1.165) is 21.3 Å². The van der Waals surface area contributed by atoms with Crippen LogP contribution in [0.1, 0.15) is 34.6 Å². The van der Waals surface area contributed by atoms with E-state index in [-0.39, 0.29) is 17.8 Å². The SMILES string of the molecule is C[C@@H](c1ccccc1)n1c(C(=O)NCc2ccc(F)cc2)cc2ccsc21. The molecule has 0 aliphatic rings. The molecule has 5 heteroatoms. The lowest BCUT2D eigenvalue weighted by Gasteiger charge is -2.18. The number of hydrogen-bond donors (Lipinski definition) is 1. The topological polar surface area (TPSA) is 34.0 Å². The standard InChI is InChI=1S/C22H19FN2OS/c1-15(17-5-3-2-4-6-17)25-20(13-18-11-12-27-22(18)25)21(26)24-14-16-7-9-19(23)10-8-16/h2-13,15H,14H2,1H3,(H,24,26)/t15-/m0/s1. The van der Waals surface area contributed by atoms with Gasteiger partial charge in [0.1, 0.15) is 16.3 Å². The smallest absolute Gasteiger partial charge is 0.268 e. The molecular weight excluding hydrogens is 359 g/mol. The predicted molar refractivity (Wildman–Crippen MR) is 108 cm³/mol. The molecule has 0 aliphatic heterocycles. The minimum atomic E-state index is -0.282. The van der Waals surface area contributed by atoms with E-state index in [1.165, 1.54) is 12.1 Å². The number of carbonyl (C=O) groups excluding carboxylic acids is 1. The van der Waals surface area contributed by atoms with E-state index in [9.17, 15) is 9.18 Å². The summed E-state index contributed by atoms with van der Waals surface area (Å²) in [7, 11) is 0. The molecule has 0 saturated carbocycles. The van der Waals surface area contributed by atoms with Crippen LogP contribution < -0.4 is 5.32 Å². The average Bonchev–Trinajstić information content (AvgIpc) is 3.28. The number of fused-ring (bicyclic) bond motifs is 1. The molecule has 1 amide bonds. The fourth-order valence-corrected chi connectivity index (χ4v) is 4.23. The largest absolute Gasteiger partial charge is 0.347 e. The van der Waals surface area contributed by atoms with Crippen LogP contribution >= 0.6 is 11.3 Å². The minimum absolute atomic E-state index is 0.0360. The molecule has 0 spiro atoms. The van der Waals surface area contributed by atoms with Crippen molar-refractivity contribution in [3.05, 3.63) is 94.7 Å². The zero-order chi connectivity index (χ0) is 18.8. The van der Waals surface area contributed by atoms with Gasteiger partial charge in [0.25, 0.3) is 5.91 Å². The van der Waals surface area contributed by atoms with Crippen molar-refractivity contribution in [3.63, 3.8) is 0 Å². The molecule has 0 unspecified atom stereocenters. The molecule has 2 heterocycles. The van der Waals surface area contributed by atoms with Crippen molar-refractivity contribution in [2.24, 2.45) is 0 Å². The van der Waals surface area contributed by atoms with E-state index < -0.39 is 0 Å². The van der Waals surface area contributed by atoms with Crippen LogP contribution in [0.15, 0.2) is 72.1 Å². The zero-order valence-corrected chi connectivity index (χ0v) is 15.7. The zero-order valence-electron chi connectivity index (χ0n) is 14.9. The van der Waals surface area contributed by atoms with E-state index in [2.05, 4.69) is 28.9 Å². The van der Waals surface area contributed by atoms with Crippen LogP contribution in [-0.2, 0) is 6.54 Å². The van der Waals surface area contributed by atoms with Gasteiger partial charge in [0.2, 0.25) is 0 Å². The van der Waals surface area contributed by atoms with Gasteiger partial charge >= 0.3 is 0 Å². The summed E-state index contributed by atoms with van der Waals surface area (Å²) in [4.78, 5) is 14.0. The molecule has 1 atom stereocenters. The van der Waals surface area contributed by atoms with Gasteiger partial charge in [-0.05, 0) is 47.7 Å². The molecule has 2 aromatic carbocycles. The number of aromatic nitrogens is 1. The molecule has 4 rings (SSSR count). The Morgan fingerprint density at radius 1 is 1.11 bits per heavy atom. The van der Waals surface area contributed by atoms with Gasteiger partial charge < -0.3 is 9.88 Å². The average molecular weight is 378 g/mol. The first kappa shape index (κ1) is 17.5. The third-order valence-electron chi connectivity index (χ3n) is 4.71. The molecule has 1 N–H and O–H groups in total. The van der Waals surface area contributed by atoms with Crippen molar-refractivity contribution in [1.82, 2.24) is 9.88 Å². The predicted octanol–water partition coefficient (Wildman–Crippen LogP) is 5.38. The molecule has 0 saturated heterocycles. The van der Waals surface area contributed by atoms with Gasteiger partial charge in [0.15, 0.2) is 0 Å². The third kappa shape index (κ3) is 3.51. The summed E-state index contributed by atoms with van der Waals surface area (Å²) >= 11 is 1.63. The van der Waals surface area contributed by atoms with Gasteiger partial charge in [-0.1, -0.05) is 42.5 Å². The number of amides is 1. The Hall–Kier alpha value is -2.92. The van der Waals surface area contributed by atoms with Gasteiger partial charge in [-0.15, -0.1) is 11.3 Å². The molecule has 27 heavy (non-hydrogen) atoms. The maximum absolute atomic E-state index is 13.0. The molecule has 2 aromatic heterocycles. The fraction of sp³-hybridized carbons (Fsp3) is 0.136. The molecule has 3 nitrogen and oxygen atoms in total. The maximum atomic E-state index is 13.0. The van der Waals surface area contributed by atoms with E-state index in [0.29, 0.717) is 12.2 Å². The minimum Gasteiger partial charge on any atom is -0.347 e. The Balaban J connectivity index is 1.64. The normalized spacial score (nSPS) is 12.2. The van der Waals surface area contributed by atoms with Crippen LogP contribution in [0.4, 0.5) is 4.39 Å². The van der Waals surface area contributed by atoms with Gasteiger partial charge in [0.05, 0.1) is 6.04 Å². The van der Waals surface area contributed by atoms with Gasteiger partial charge in [-0.3, -0.25) is 4.79 Å². The highest BCUT2D eigenvalue weighted by Gasteiger charge is 2.21. The quantitative estimate of drug-likeness (QED) is 0.497. The highest BCUT2D eigenvalue weighted by atomic mass is 32.1. The summed E-state index contributed by atoms with van der Waals surface area (Å²) in [6.45, 7) is 2.46. The lowest BCUT2D eigenvalue weighted by atomic mass is 10.1. The third-order valence-corrected chi connectivity index (χ3v) is 5.64. The lowest BCUT2D eigenvalue weighted by Crippen LogP contribution is -2.26. The first-order valence-electron chi connectivity index (χ1n) is 8.79. The van der Waals surface area contributed by atoms with Gasteiger partial charge in [-0.25, -0.2) is 4.39 Å². The van der Waals surface area contributed by atoms with Crippen LogP contribution in [0.2, 0.25) is 0 Å². The van der Waals surface area contributed by atoms with Crippen molar-refractivity contribution < 1.29 is 9.18 Å². The lowest BCUT2D eigenvalue weighted by molar-refractivity contribution is 0.0941. The summed E-state index contributed by atoms with van der Waals surface area (Å²) < 4.78 is 15.1. The van der Waals surface area contributed by atoms with Crippen molar-refractivity contribution in [2.45, 2.75) is 19.5 Å². The molecule has 0 aliphatic carbocycles. The van der Waals surface area contributed by atoms with E-state index >= 15 is 0 Å². The Morgan fingerprint density at radius 3 is 2.59 bits per heavy atom. The summed E-state index contributed by atoms with van der Waals surface area (Å²) in [6, 6.07) is 20.3. The second-order valence-electron chi connectivity index (χ2n) is 6.48. The molecule has 4 aromatic rings. The van der Waals surface area contributed by atoms with E-state index in [4.69, 9.17) is 0 Å². The number of carbonyl (C=O) groups is 1. The number of rotatable bonds is 5. The Kier molecular flexibility index (Phi) is 4.77. The molecular formula is C22H19FN2OS. The maximum Gasteiger partial charge on any atom is 0.268 e. The van der Waals surface area contributed by atoms with Crippen LogP contribution in [0.5, 0.6) is 0 Å². The van der Waals surface area contributed by atoms with Crippen LogP contribution in [0.25, 0.3) is 10.2 Å². The van der Waals surface area contributed by atoms with Crippen molar-refractivity contribution in [2.75, 3.05) is 0 Å². The Labute approximate surface area is 161 Å². The molecule has 0 radical (unpaired) electrons. The highest BCUT2D eigenvalue weighted by Crippen LogP contribution is 2.31. The molecule has 0 bridgehead atoms. The second kappa shape index (κ2) is 7.37. The highest BCUT2D eigenvalue weighted by molar-refractivity contribution is 7.16. The summed E-state index contributed by atoms with van der Waals surface area (Å²) in [5.74, 6) is -0.415. The molecule has 0 fully saturated rings. The van der Waals surface area contributed by atoms with E-state index in [1.54, 1.807) is 23.5 Å². The Morgan fingerprint density at radius 2 is 1.85 bits per heavy atom. The second-order valence-corrected chi connectivity index (χ2v) is 7.37. The number of hydrogen-bond acceptors (Lipinski definition) is 2. The summed E-state index contributed by atoms with van der Waals surface area (Å²) in [5, 5.41) is 6.06. The van der Waals surface area contributed by atoms with Gasteiger partial charge in [0, 0.05) is 11.9 Å². The van der Waals surface area contributed by atoms with Crippen LogP contribution in [0, 0.1) is 5.82 Å². The van der Waals surface area contributed by atoms with Crippen molar-refractivity contribution in [3.8, 4) is 0 Å². The van der Waals surface area contributed by atoms with E-state index in [1.807, 2.05) is 35.7 Å². The molecule has 136 valence electrons. The van der Waals surface area contributed by atoms with Crippen LogP contribution in [0.3, 0.4) is 0 Å². The number of thiophene rings is 1. The van der Waals surface area contributed by atoms with Crippen molar-refractivity contribution >= 4 is 27.5 Å². The number of benzene rings is 2. The summed E-state index contributed by atoms with van der Waals surface area (Å²) in [6.07, 6.45) is 0. The monoisotopic (exact) mass is 378 g/mol. The fourth-order valence-electron chi connectivity index (χ4n) is 3.26. The number of halogens is 1. The number of nitrogens with zero attached hydrogens (tertiary/aromatic N) is 1. The first-order valence-corrected chi connectivity index (χ1v) is 9.67. The van der Waals surface area contributed by atoms with Crippen molar-refractivity contribution in [1.29, 1.82) is 0 Å². The summed E-state index contributed by atoms with van der Waals surface area (Å²) in [5.41, 5.74) is 2.65.